The van der Waals surface area contributed by atoms with E-state index in [9.17, 15) is 22.8 Å². The van der Waals surface area contributed by atoms with Crippen molar-refractivity contribution >= 4 is 27.9 Å². The molecule has 0 spiro atoms. The molecular formula is C22H19NO8S. The number of esters is 1. The maximum absolute atomic E-state index is 12.6. The highest BCUT2D eigenvalue weighted by molar-refractivity contribution is 7.87. The minimum atomic E-state index is -4.06. The van der Waals surface area contributed by atoms with Crippen LogP contribution in [0, 0.1) is 13.8 Å². The monoisotopic (exact) mass is 457 g/mol. The van der Waals surface area contributed by atoms with Crippen molar-refractivity contribution in [2.24, 2.45) is 0 Å². The number of nitrogens with one attached hydrogen (secondary N) is 1. The summed E-state index contributed by atoms with van der Waals surface area (Å²) >= 11 is 0. The first-order valence-electron chi connectivity index (χ1n) is 9.32. The number of imide groups is 1. The topological polar surface area (TPSA) is 129 Å². The van der Waals surface area contributed by atoms with Gasteiger partial charge in [0.25, 0.3) is 11.8 Å². The molecule has 0 saturated heterocycles. The van der Waals surface area contributed by atoms with E-state index in [0.717, 1.165) is 5.56 Å². The van der Waals surface area contributed by atoms with Crippen molar-refractivity contribution in [3.8, 4) is 5.75 Å². The number of amides is 2. The number of carbonyl (C=O) groups is 3. The van der Waals surface area contributed by atoms with Crippen LogP contribution in [0.3, 0.4) is 0 Å². The van der Waals surface area contributed by atoms with Crippen LogP contribution in [0.4, 0.5) is 0 Å². The molecule has 166 valence electrons. The summed E-state index contributed by atoms with van der Waals surface area (Å²) in [6.07, 6.45) is 1.28. The molecule has 0 fully saturated rings. The van der Waals surface area contributed by atoms with Crippen molar-refractivity contribution in [3.05, 3.63) is 83.3 Å². The van der Waals surface area contributed by atoms with Crippen LogP contribution in [0.25, 0.3) is 0 Å². The fraction of sp³-hybridized carbons (Fsp3) is 0.136. The minimum Gasteiger partial charge on any atom is -0.459 e. The number of hydrogen-bond donors (Lipinski definition) is 1. The minimum absolute atomic E-state index is 0.00393. The Morgan fingerprint density at radius 3 is 2.38 bits per heavy atom. The zero-order valence-electron chi connectivity index (χ0n) is 17.2. The smallest absolute Gasteiger partial charge is 0.339 e. The average Bonchev–Trinajstić information content (AvgIpc) is 3.29. The van der Waals surface area contributed by atoms with E-state index in [4.69, 9.17) is 13.3 Å². The Morgan fingerprint density at radius 2 is 1.72 bits per heavy atom. The Bertz CT molecular complexity index is 1250. The fourth-order valence-corrected chi connectivity index (χ4v) is 3.89. The first-order valence-corrected chi connectivity index (χ1v) is 10.7. The average molecular weight is 457 g/mol. The van der Waals surface area contributed by atoms with Crippen LogP contribution in [0.15, 0.2) is 70.2 Å². The summed E-state index contributed by atoms with van der Waals surface area (Å²) in [6.45, 7) is 2.74. The molecule has 0 atom stereocenters. The molecule has 0 saturated carbocycles. The van der Waals surface area contributed by atoms with E-state index in [2.05, 4.69) is 0 Å². The van der Waals surface area contributed by atoms with Gasteiger partial charge in [-0.05, 0) is 67.4 Å². The van der Waals surface area contributed by atoms with E-state index >= 15 is 0 Å². The Balaban J connectivity index is 1.57. The van der Waals surface area contributed by atoms with E-state index < -0.39 is 34.5 Å². The number of ether oxygens (including phenoxy) is 1. The largest absolute Gasteiger partial charge is 0.459 e. The fourth-order valence-electron chi connectivity index (χ4n) is 2.64. The molecule has 3 aromatic rings. The van der Waals surface area contributed by atoms with Crippen molar-refractivity contribution in [1.82, 2.24) is 5.32 Å². The first-order chi connectivity index (χ1) is 15.2. The lowest BCUT2D eigenvalue weighted by Crippen LogP contribution is -2.33. The lowest BCUT2D eigenvalue weighted by Gasteiger charge is -2.10. The van der Waals surface area contributed by atoms with Crippen LogP contribution in [-0.4, -0.2) is 32.8 Å². The number of furan rings is 1. The molecule has 2 aromatic carbocycles. The van der Waals surface area contributed by atoms with Gasteiger partial charge in [0, 0.05) is 0 Å². The molecule has 9 nitrogen and oxygen atoms in total. The zero-order chi connectivity index (χ0) is 23.3. The van der Waals surface area contributed by atoms with Gasteiger partial charge in [-0.2, -0.15) is 8.42 Å². The van der Waals surface area contributed by atoms with Gasteiger partial charge in [0.1, 0.15) is 10.6 Å². The number of carbonyl (C=O) groups excluding carboxylic acids is 3. The summed E-state index contributed by atoms with van der Waals surface area (Å²) in [5.41, 5.74) is 1.37. The highest BCUT2D eigenvalue weighted by Crippen LogP contribution is 2.23. The maximum Gasteiger partial charge on any atom is 0.339 e. The second-order valence-corrected chi connectivity index (χ2v) is 8.28. The number of rotatable bonds is 7. The molecule has 0 radical (unpaired) electrons. The third-order valence-electron chi connectivity index (χ3n) is 4.24. The highest BCUT2D eigenvalue weighted by Gasteiger charge is 2.20. The van der Waals surface area contributed by atoms with Gasteiger partial charge in [-0.15, -0.1) is 0 Å². The molecule has 0 bridgehead atoms. The second-order valence-electron chi connectivity index (χ2n) is 6.76. The molecule has 0 aliphatic carbocycles. The summed E-state index contributed by atoms with van der Waals surface area (Å²) in [6, 6.07) is 13.0. The maximum atomic E-state index is 12.6. The zero-order valence-corrected chi connectivity index (χ0v) is 18.0. The Kier molecular flexibility index (Phi) is 6.74. The lowest BCUT2D eigenvalue weighted by molar-refractivity contribution is -0.123. The van der Waals surface area contributed by atoms with Crippen molar-refractivity contribution in [2.75, 3.05) is 6.61 Å². The molecule has 32 heavy (non-hydrogen) atoms. The van der Waals surface area contributed by atoms with Gasteiger partial charge in [0.2, 0.25) is 0 Å². The van der Waals surface area contributed by atoms with Gasteiger partial charge in [-0.3, -0.25) is 14.9 Å². The Labute approximate surface area is 184 Å². The van der Waals surface area contributed by atoms with E-state index in [-0.39, 0.29) is 22.0 Å². The number of hydrogen-bond acceptors (Lipinski definition) is 8. The van der Waals surface area contributed by atoms with Crippen LogP contribution in [-0.2, 0) is 19.6 Å². The van der Waals surface area contributed by atoms with Crippen molar-refractivity contribution in [2.45, 2.75) is 18.7 Å². The third kappa shape index (κ3) is 5.61. The SMILES string of the molecule is Cc1ccc(C)c(S(=O)(=O)Oc2ccc(C(=O)OCC(=O)NC(=O)c3ccco3)cc2)c1. The van der Waals surface area contributed by atoms with E-state index in [1.54, 1.807) is 26.0 Å². The number of aryl methyl sites for hydroxylation is 2. The first kappa shape index (κ1) is 22.8. The van der Waals surface area contributed by atoms with Crippen LogP contribution in [0.5, 0.6) is 5.75 Å². The van der Waals surface area contributed by atoms with E-state index in [1.807, 2.05) is 5.32 Å². The molecule has 0 aliphatic heterocycles. The predicted molar refractivity (Wildman–Crippen MR) is 112 cm³/mol. The molecule has 3 rings (SSSR count). The lowest BCUT2D eigenvalue weighted by atomic mass is 10.2. The summed E-state index contributed by atoms with van der Waals surface area (Å²) in [7, 11) is -4.06. The van der Waals surface area contributed by atoms with Gasteiger partial charge in [0.15, 0.2) is 12.4 Å². The van der Waals surface area contributed by atoms with Crippen molar-refractivity contribution in [1.29, 1.82) is 0 Å². The van der Waals surface area contributed by atoms with E-state index in [0.29, 0.717) is 5.56 Å². The molecule has 1 aromatic heterocycles. The number of benzene rings is 2. The van der Waals surface area contributed by atoms with Gasteiger partial charge >= 0.3 is 16.1 Å². The normalized spacial score (nSPS) is 10.9. The van der Waals surface area contributed by atoms with Crippen LogP contribution < -0.4 is 9.50 Å². The van der Waals surface area contributed by atoms with Gasteiger partial charge in [0.05, 0.1) is 11.8 Å². The molecule has 0 unspecified atom stereocenters. The third-order valence-corrected chi connectivity index (χ3v) is 5.63. The molecule has 10 heteroatoms. The summed E-state index contributed by atoms with van der Waals surface area (Å²) < 4.78 is 40.0. The van der Waals surface area contributed by atoms with Gasteiger partial charge in [-0.1, -0.05) is 12.1 Å². The predicted octanol–water partition coefficient (Wildman–Crippen LogP) is 2.78. The Morgan fingerprint density at radius 1 is 1.00 bits per heavy atom. The van der Waals surface area contributed by atoms with Crippen LogP contribution in [0.2, 0.25) is 0 Å². The van der Waals surface area contributed by atoms with Crippen LogP contribution >= 0.6 is 0 Å². The second kappa shape index (κ2) is 9.48. The van der Waals surface area contributed by atoms with Gasteiger partial charge in [-0.25, -0.2) is 4.79 Å². The van der Waals surface area contributed by atoms with Gasteiger partial charge < -0.3 is 13.3 Å². The molecule has 1 heterocycles. The molecular weight excluding hydrogens is 438 g/mol. The van der Waals surface area contributed by atoms with Crippen molar-refractivity contribution in [3.63, 3.8) is 0 Å². The molecule has 1 N–H and O–H groups in total. The molecule has 0 aliphatic rings. The Hall–Kier alpha value is -3.92. The summed E-state index contributed by atoms with van der Waals surface area (Å²) in [5, 5.41) is 2.01. The summed E-state index contributed by atoms with van der Waals surface area (Å²) in [5.74, 6) is -2.49. The van der Waals surface area contributed by atoms with Crippen LogP contribution in [0.1, 0.15) is 32.0 Å². The summed E-state index contributed by atoms with van der Waals surface area (Å²) in [4.78, 5) is 35.6. The standard InChI is InChI=1S/C22H19NO8S/c1-14-5-6-15(2)19(12-14)32(27,28)31-17-9-7-16(8-10-17)22(26)30-13-20(24)23-21(25)18-4-3-11-29-18/h3-12H,13H2,1-2H3,(H,23,24,25). The highest BCUT2D eigenvalue weighted by atomic mass is 32.2. The molecule has 2 amide bonds. The van der Waals surface area contributed by atoms with Crippen molar-refractivity contribution < 1.29 is 36.1 Å². The quantitative estimate of drug-likeness (QED) is 0.424. The van der Waals surface area contributed by atoms with E-state index in [1.165, 1.54) is 48.7 Å².